The zero-order valence-electron chi connectivity index (χ0n) is 33.2. The number of aryl methyl sites for hydroxylation is 3. The summed E-state index contributed by atoms with van der Waals surface area (Å²) >= 11 is 0. The molecular weight excluding hydrogens is 785 g/mol. The molecule has 0 aromatic heterocycles. The van der Waals surface area contributed by atoms with Gasteiger partial charge in [0, 0.05) is 12.5 Å². The Labute approximate surface area is 336 Å². The normalized spacial score (nSPS) is 14.1. The smallest absolute Gasteiger partial charge is 0.299 e. The average molecular weight is 849 g/mol. The third-order valence-corrected chi connectivity index (χ3v) is 11.9. The standard InChI is InChI=1S/C13H20O5S.2C13H20O4S.CH4/c1-9(2)8-12(14)13(15)18-19(16,17)11-6-4-10(3)5-7-11;1-10(2)12(8-14)9-17-18(15,16)13-6-4-11(3)5-7-13;1-10(2)8-12(14)9-17-18(15,16)13-6-4-11(3)5-7-13;/h4-7,9,12-15H,8H2,1-3H3;2*4-7,10,12,14H,8-9H2,1-3H3;1H4. The van der Waals surface area contributed by atoms with Crippen LogP contribution in [0.2, 0.25) is 0 Å². The van der Waals surface area contributed by atoms with Gasteiger partial charge in [-0.2, -0.15) is 25.3 Å². The van der Waals surface area contributed by atoms with E-state index in [0.717, 1.165) is 16.7 Å². The Bertz CT molecular complexity index is 1860. The van der Waals surface area contributed by atoms with Crippen LogP contribution in [0.4, 0.5) is 0 Å². The minimum atomic E-state index is -4.07. The van der Waals surface area contributed by atoms with Crippen molar-refractivity contribution in [3.05, 3.63) is 89.5 Å². The van der Waals surface area contributed by atoms with E-state index in [0.29, 0.717) is 12.3 Å². The van der Waals surface area contributed by atoms with E-state index in [9.17, 15) is 40.6 Å². The van der Waals surface area contributed by atoms with Crippen LogP contribution in [-0.2, 0) is 42.9 Å². The molecule has 3 rings (SSSR count). The van der Waals surface area contributed by atoms with Gasteiger partial charge < -0.3 is 20.4 Å². The van der Waals surface area contributed by atoms with Gasteiger partial charge >= 0.3 is 0 Å². The summed E-state index contributed by atoms with van der Waals surface area (Å²) in [5.74, 6) is 0.412. The van der Waals surface area contributed by atoms with Crippen molar-refractivity contribution < 1.29 is 58.2 Å². The summed E-state index contributed by atoms with van der Waals surface area (Å²) in [6.45, 7) is 16.8. The van der Waals surface area contributed by atoms with Gasteiger partial charge in [0.15, 0.2) is 6.29 Å². The second-order valence-electron chi connectivity index (χ2n) is 14.5. The van der Waals surface area contributed by atoms with E-state index in [1.165, 1.54) is 36.4 Å². The summed E-state index contributed by atoms with van der Waals surface area (Å²) in [7, 11) is -11.6. The molecule has 0 fully saturated rings. The van der Waals surface area contributed by atoms with Crippen LogP contribution in [-0.4, -0.2) is 84.0 Å². The molecule has 0 aliphatic carbocycles. The van der Waals surface area contributed by atoms with E-state index in [4.69, 9.17) is 13.5 Å². The third kappa shape index (κ3) is 20.1. The molecule has 4 unspecified atom stereocenters. The first-order chi connectivity index (χ1) is 25.4. The molecule has 3 aromatic rings. The first kappa shape index (κ1) is 53.2. The molecule has 0 saturated carbocycles. The molecule has 0 bridgehead atoms. The Hall–Kier alpha value is -2.77. The van der Waals surface area contributed by atoms with Crippen molar-refractivity contribution in [3.63, 3.8) is 0 Å². The number of benzene rings is 3. The molecule has 4 atom stereocenters. The molecule has 0 heterocycles. The van der Waals surface area contributed by atoms with Crippen LogP contribution in [0.1, 0.15) is 78.5 Å². The van der Waals surface area contributed by atoms with Gasteiger partial charge in [-0.3, -0.25) is 8.37 Å². The van der Waals surface area contributed by atoms with Gasteiger partial charge in [-0.1, -0.05) is 102 Å². The average Bonchev–Trinajstić information content (AvgIpc) is 3.08. The van der Waals surface area contributed by atoms with Gasteiger partial charge in [-0.15, -0.1) is 0 Å². The van der Waals surface area contributed by atoms with Gasteiger partial charge in [0.1, 0.15) is 6.10 Å². The van der Waals surface area contributed by atoms with Crippen molar-refractivity contribution in [2.24, 2.45) is 23.7 Å². The highest BCUT2D eigenvalue weighted by Crippen LogP contribution is 2.19. The van der Waals surface area contributed by atoms with Crippen molar-refractivity contribution in [1.82, 2.24) is 0 Å². The zero-order valence-corrected chi connectivity index (χ0v) is 35.6. The van der Waals surface area contributed by atoms with Crippen LogP contribution in [0.5, 0.6) is 0 Å². The minimum absolute atomic E-state index is 0. The summed E-state index contributed by atoms with van der Waals surface area (Å²) in [5, 5.41) is 37.9. The Kier molecular flexibility index (Phi) is 23.6. The summed E-state index contributed by atoms with van der Waals surface area (Å²) < 4.78 is 85.5. The Balaban J connectivity index is 0.000000803. The Morgan fingerprint density at radius 2 is 0.875 bits per heavy atom. The van der Waals surface area contributed by atoms with Gasteiger partial charge in [0.25, 0.3) is 30.4 Å². The van der Waals surface area contributed by atoms with E-state index < -0.39 is 48.9 Å². The Morgan fingerprint density at radius 1 is 0.536 bits per heavy atom. The van der Waals surface area contributed by atoms with Crippen molar-refractivity contribution in [1.29, 1.82) is 0 Å². The largest absolute Gasteiger partial charge is 0.396 e. The predicted octanol–water partition coefficient (Wildman–Crippen LogP) is 6.13. The quantitative estimate of drug-likeness (QED) is 0.0839. The lowest BCUT2D eigenvalue weighted by molar-refractivity contribution is -0.106. The van der Waals surface area contributed by atoms with Crippen LogP contribution < -0.4 is 0 Å². The van der Waals surface area contributed by atoms with Crippen LogP contribution in [0.15, 0.2) is 87.5 Å². The highest BCUT2D eigenvalue weighted by Gasteiger charge is 2.26. The number of aliphatic hydroxyl groups excluding tert-OH is 4. The topological polar surface area (TPSA) is 211 Å². The number of rotatable bonds is 18. The second-order valence-corrected chi connectivity index (χ2v) is 19.3. The van der Waals surface area contributed by atoms with Crippen LogP contribution in [0, 0.1) is 44.4 Å². The van der Waals surface area contributed by atoms with Gasteiger partial charge in [-0.25, -0.2) is 4.18 Å². The fourth-order valence-electron chi connectivity index (χ4n) is 4.51. The summed E-state index contributed by atoms with van der Waals surface area (Å²) in [4.78, 5) is 0.215. The molecule has 0 radical (unpaired) electrons. The molecule has 0 spiro atoms. The molecule has 16 heteroatoms. The molecule has 4 N–H and O–H groups in total. The van der Waals surface area contributed by atoms with E-state index >= 15 is 0 Å². The highest BCUT2D eigenvalue weighted by molar-refractivity contribution is 7.87. The summed E-state index contributed by atoms with van der Waals surface area (Å²) in [6.07, 6.45) is -2.98. The first-order valence-electron chi connectivity index (χ1n) is 18.0. The molecule has 0 amide bonds. The van der Waals surface area contributed by atoms with Crippen LogP contribution in [0.25, 0.3) is 0 Å². The van der Waals surface area contributed by atoms with Gasteiger partial charge in [-0.05, 0) is 87.8 Å². The third-order valence-electron chi connectivity index (χ3n) is 7.97. The molecule has 13 nitrogen and oxygen atoms in total. The number of aliphatic hydroxyl groups is 4. The maximum atomic E-state index is 11.9. The maximum Gasteiger partial charge on any atom is 0.299 e. The lowest BCUT2D eigenvalue weighted by Gasteiger charge is -2.19. The predicted molar refractivity (Wildman–Crippen MR) is 217 cm³/mol. The number of hydrogen-bond donors (Lipinski definition) is 4. The van der Waals surface area contributed by atoms with Crippen molar-refractivity contribution in [2.45, 2.75) is 116 Å². The SMILES string of the molecule is C.Cc1ccc(S(=O)(=O)OC(O)C(O)CC(C)C)cc1.Cc1ccc(S(=O)(=O)OCC(CO)C(C)C)cc1.Cc1ccc(S(=O)(=O)OCC(O)CC(C)C)cc1. The molecule has 320 valence electrons. The molecule has 3 aromatic carbocycles. The molecule has 0 saturated heterocycles. The van der Waals surface area contributed by atoms with Crippen molar-refractivity contribution in [3.8, 4) is 0 Å². The van der Waals surface area contributed by atoms with E-state index in [-0.39, 0.29) is 66.1 Å². The fraction of sp³-hybridized carbons (Fsp3) is 0.550. The van der Waals surface area contributed by atoms with E-state index in [2.05, 4.69) is 4.18 Å². The summed E-state index contributed by atoms with van der Waals surface area (Å²) in [6, 6.07) is 19.0. The number of hydrogen-bond acceptors (Lipinski definition) is 13. The lowest BCUT2D eigenvalue weighted by atomic mass is 9.98. The monoisotopic (exact) mass is 848 g/mol. The minimum Gasteiger partial charge on any atom is -0.396 e. The summed E-state index contributed by atoms with van der Waals surface area (Å²) in [5.41, 5.74) is 2.89. The van der Waals surface area contributed by atoms with E-state index in [1.54, 1.807) is 36.4 Å². The molecular formula is C40H64O13S3. The molecule has 0 aliphatic heterocycles. The first-order valence-corrected chi connectivity index (χ1v) is 22.2. The zero-order chi connectivity index (χ0) is 42.1. The maximum absolute atomic E-state index is 11.9. The lowest BCUT2D eigenvalue weighted by Crippen LogP contribution is -2.32. The van der Waals surface area contributed by atoms with Gasteiger partial charge in [0.2, 0.25) is 0 Å². The molecule has 0 aliphatic rings. The van der Waals surface area contributed by atoms with Crippen LogP contribution in [0.3, 0.4) is 0 Å². The van der Waals surface area contributed by atoms with Crippen LogP contribution >= 0.6 is 0 Å². The van der Waals surface area contributed by atoms with Crippen molar-refractivity contribution in [2.75, 3.05) is 19.8 Å². The highest BCUT2D eigenvalue weighted by atomic mass is 32.2. The molecule has 56 heavy (non-hydrogen) atoms. The fourth-order valence-corrected chi connectivity index (χ4v) is 7.38. The van der Waals surface area contributed by atoms with Gasteiger partial charge in [0.05, 0.1) is 34.0 Å². The second kappa shape index (κ2) is 24.9. The Morgan fingerprint density at radius 3 is 1.20 bits per heavy atom. The van der Waals surface area contributed by atoms with E-state index in [1.807, 2.05) is 62.3 Å². The van der Waals surface area contributed by atoms with Crippen molar-refractivity contribution >= 4 is 30.4 Å².